The van der Waals surface area contributed by atoms with Crippen LogP contribution in [0.2, 0.25) is 0 Å². The minimum absolute atomic E-state index is 0.256. The third-order valence-electron chi connectivity index (χ3n) is 1.78. The molecule has 0 spiro atoms. The monoisotopic (exact) mass is 234 g/mol. The summed E-state index contributed by atoms with van der Waals surface area (Å²) in [6.07, 6.45) is -2.21. The fourth-order valence-corrected chi connectivity index (χ4v) is 1.21. The molecule has 0 aliphatic rings. The molecule has 0 bridgehead atoms. The smallest absolute Gasteiger partial charge is 0.335 e. The number of carboxylic acids is 1. The van der Waals surface area contributed by atoms with E-state index in [1.54, 1.807) is 0 Å². The Balaban J connectivity index is 4.43. The first-order valence-corrected chi connectivity index (χ1v) is 5.02. The second kappa shape index (κ2) is 5.81. The van der Waals surface area contributed by atoms with E-state index in [2.05, 4.69) is 0 Å². The van der Waals surface area contributed by atoms with Crippen LogP contribution in [-0.4, -0.2) is 66.5 Å². The fourth-order valence-electron chi connectivity index (χ4n) is 1.21. The SMILES string of the molecule is CC(O)C(=O)O[C@@H](CC(=O)O)C[N+](C)(C)C. The Bertz CT molecular complexity index is 256. The van der Waals surface area contributed by atoms with Gasteiger partial charge >= 0.3 is 11.9 Å². The van der Waals surface area contributed by atoms with E-state index in [0.717, 1.165) is 0 Å². The lowest BCUT2D eigenvalue weighted by Crippen LogP contribution is -2.44. The molecule has 0 aromatic rings. The first-order valence-electron chi connectivity index (χ1n) is 5.02. The first-order chi connectivity index (χ1) is 7.11. The average Bonchev–Trinajstić information content (AvgIpc) is 1.98. The topological polar surface area (TPSA) is 83.8 Å². The van der Waals surface area contributed by atoms with Gasteiger partial charge in [-0.3, -0.25) is 4.79 Å². The zero-order chi connectivity index (χ0) is 12.9. The van der Waals surface area contributed by atoms with Crippen molar-refractivity contribution in [2.45, 2.75) is 25.6 Å². The lowest BCUT2D eigenvalue weighted by molar-refractivity contribution is -0.873. The minimum atomic E-state index is -1.23. The van der Waals surface area contributed by atoms with Crippen LogP contribution in [0, 0.1) is 0 Å². The number of rotatable bonds is 6. The van der Waals surface area contributed by atoms with Crippen molar-refractivity contribution >= 4 is 11.9 Å². The third-order valence-corrected chi connectivity index (χ3v) is 1.78. The Hall–Kier alpha value is -1.14. The van der Waals surface area contributed by atoms with E-state index < -0.39 is 24.1 Å². The van der Waals surface area contributed by atoms with E-state index in [1.807, 2.05) is 21.1 Å². The number of aliphatic carboxylic acids is 1. The van der Waals surface area contributed by atoms with E-state index >= 15 is 0 Å². The number of hydrogen-bond donors (Lipinski definition) is 2. The van der Waals surface area contributed by atoms with Crippen LogP contribution >= 0.6 is 0 Å². The van der Waals surface area contributed by atoms with Crippen LogP contribution in [0.15, 0.2) is 0 Å². The van der Waals surface area contributed by atoms with Crippen molar-refractivity contribution in [2.24, 2.45) is 0 Å². The molecule has 0 aliphatic carbocycles. The maximum Gasteiger partial charge on any atom is 0.335 e. The fraction of sp³-hybridized carbons (Fsp3) is 0.800. The summed E-state index contributed by atoms with van der Waals surface area (Å²) in [6.45, 7) is 1.66. The summed E-state index contributed by atoms with van der Waals surface area (Å²) in [5.41, 5.74) is 0. The van der Waals surface area contributed by atoms with Crippen LogP contribution < -0.4 is 0 Å². The highest BCUT2D eigenvalue weighted by atomic mass is 16.6. The molecule has 0 aromatic carbocycles. The molecule has 0 rings (SSSR count). The van der Waals surface area contributed by atoms with Crippen molar-refractivity contribution in [3.05, 3.63) is 0 Å². The van der Waals surface area contributed by atoms with Gasteiger partial charge in [0, 0.05) is 0 Å². The maximum absolute atomic E-state index is 11.1. The van der Waals surface area contributed by atoms with Crippen molar-refractivity contribution in [1.29, 1.82) is 0 Å². The van der Waals surface area contributed by atoms with Crippen molar-refractivity contribution in [1.82, 2.24) is 0 Å². The van der Waals surface area contributed by atoms with Gasteiger partial charge in [-0.2, -0.15) is 0 Å². The Labute approximate surface area is 95.0 Å². The summed E-state index contributed by atoms with van der Waals surface area (Å²) >= 11 is 0. The summed E-state index contributed by atoms with van der Waals surface area (Å²) in [5.74, 6) is -1.82. The van der Waals surface area contributed by atoms with Gasteiger partial charge < -0.3 is 19.4 Å². The van der Waals surface area contributed by atoms with E-state index in [1.165, 1.54) is 6.92 Å². The molecule has 16 heavy (non-hydrogen) atoms. The number of nitrogens with zero attached hydrogens (tertiary/aromatic N) is 1. The van der Waals surface area contributed by atoms with Crippen molar-refractivity contribution in [2.75, 3.05) is 27.7 Å². The van der Waals surface area contributed by atoms with Crippen LogP contribution in [0.1, 0.15) is 13.3 Å². The van der Waals surface area contributed by atoms with Gasteiger partial charge in [-0.1, -0.05) is 0 Å². The lowest BCUT2D eigenvalue weighted by Gasteiger charge is -2.28. The number of carbonyl (C=O) groups is 2. The molecule has 0 aliphatic heterocycles. The first kappa shape index (κ1) is 14.9. The van der Waals surface area contributed by atoms with Crippen LogP contribution in [-0.2, 0) is 14.3 Å². The average molecular weight is 234 g/mol. The number of aliphatic hydroxyl groups excluding tert-OH is 1. The number of aliphatic hydroxyl groups is 1. The predicted molar refractivity (Wildman–Crippen MR) is 56.7 cm³/mol. The Morgan fingerprint density at radius 3 is 2.12 bits per heavy atom. The molecular weight excluding hydrogens is 214 g/mol. The molecule has 6 nitrogen and oxygen atoms in total. The normalized spacial score (nSPS) is 15.3. The van der Waals surface area contributed by atoms with Gasteiger partial charge in [-0.25, -0.2) is 4.79 Å². The predicted octanol–water partition coefficient (Wildman–Crippen LogP) is -0.540. The van der Waals surface area contributed by atoms with Gasteiger partial charge in [0.1, 0.15) is 12.6 Å². The molecule has 0 fully saturated rings. The molecule has 0 heterocycles. The summed E-state index contributed by atoms with van der Waals surface area (Å²) in [4.78, 5) is 21.7. The summed E-state index contributed by atoms with van der Waals surface area (Å²) in [7, 11) is 5.60. The van der Waals surface area contributed by atoms with Gasteiger partial charge in [-0.15, -0.1) is 0 Å². The lowest BCUT2D eigenvalue weighted by atomic mass is 10.2. The van der Waals surface area contributed by atoms with Gasteiger partial charge in [0.25, 0.3) is 0 Å². The zero-order valence-electron chi connectivity index (χ0n) is 10.1. The number of quaternary nitrogens is 1. The number of ether oxygens (including phenoxy) is 1. The molecule has 2 N–H and O–H groups in total. The van der Waals surface area contributed by atoms with Crippen molar-refractivity contribution < 1.29 is 29.0 Å². The number of carbonyl (C=O) groups excluding carboxylic acids is 1. The minimum Gasteiger partial charge on any atom is -0.481 e. The standard InChI is InChI=1S/C10H19NO5/c1-7(12)10(15)16-8(5-9(13)14)6-11(2,3)4/h7-8,12H,5-6H2,1-4H3/p+1/t7?,8-/m0/s1. The van der Waals surface area contributed by atoms with Crippen LogP contribution in [0.3, 0.4) is 0 Å². The summed E-state index contributed by atoms with van der Waals surface area (Å²) < 4.78 is 5.39. The van der Waals surface area contributed by atoms with Crippen molar-refractivity contribution in [3.63, 3.8) is 0 Å². The van der Waals surface area contributed by atoms with E-state index in [4.69, 9.17) is 14.9 Å². The largest absolute Gasteiger partial charge is 0.481 e. The number of carboxylic acid groups (broad SMARTS) is 1. The van der Waals surface area contributed by atoms with Crippen LogP contribution in [0.5, 0.6) is 0 Å². The van der Waals surface area contributed by atoms with Gasteiger partial charge in [0.15, 0.2) is 6.10 Å². The molecule has 94 valence electrons. The quantitative estimate of drug-likeness (QED) is 0.476. The van der Waals surface area contributed by atoms with E-state index in [0.29, 0.717) is 11.0 Å². The molecule has 6 heteroatoms. The molecule has 2 atom stereocenters. The van der Waals surface area contributed by atoms with E-state index in [-0.39, 0.29) is 6.42 Å². The summed E-state index contributed by atoms with van der Waals surface area (Å²) in [6, 6.07) is 0. The molecular formula is C10H20NO5+. The number of esters is 1. The highest BCUT2D eigenvalue weighted by Gasteiger charge is 2.26. The zero-order valence-corrected chi connectivity index (χ0v) is 10.1. The van der Waals surface area contributed by atoms with Crippen LogP contribution in [0.4, 0.5) is 0 Å². The summed E-state index contributed by atoms with van der Waals surface area (Å²) in [5, 5.41) is 17.6. The second-order valence-corrected chi connectivity index (χ2v) is 4.81. The molecule has 1 unspecified atom stereocenters. The molecule has 0 radical (unpaired) electrons. The molecule has 0 amide bonds. The van der Waals surface area contributed by atoms with Gasteiger partial charge in [0.05, 0.1) is 27.6 Å². The third kappa shape index (κ3) is 7.19. The highest BCUT2D eigenvalue weighted by Crippen LogP contribution is 2.06. The highest BCUT2D eigenvalue weighted by molar-refractivity contribution is 5.74. The second-order valence-electron chi connectivity index (χ2n) is 4.81. The molecule has 0 saturated carbocycles. The number of hydrogen-bond acceptors (Lipinski definition) is 4. The van der Waals surface area contributed by atoms with Crippen LogP contribution in [0.25, 0.3) is 0 Å². The Kier molecular flexibility index (Phi) is 5.40. The molecule has 0 aromatic heterocycles. The Morgan fingerprint density at radius 2 is 1.81 bits per heavy atom. The van der Waals surface area contributed by atoms with Gasteiger partial charge in [-0.05, 0) is 6.92 Å². The maximum atomic E-state index is 11.1. The van der Waals surface area contributed by atoms with Crippen molar-refractivity contribution in [3.8, 4) is 0 Å². The number of likely N-dealkylation sites (N-methyl/N-ethyl adjacent to an activating group) is 1. The Morgan fingerprint density at radius 1 is 1.31 bits per heavy atom. The van der Waals surface area contributed by atoms with E-state index in [9.17, 15) is 9.59 Å². The molecule has 0 saturated heterocycles. The van der Waals surface area contributed by atoms with Gasteiger partial charge in [0.2, 0.25) is 0 Å².